The monoisotopic (exact) mass is 239 g/mol. The Bertz CT molecular complexity index is 416. The second kappa shape index (κ2) is 4.82. The number of nitrogen functional groups attached to an aromatic ring is 2. The first-order valence-corrected chi connectivity index (χ1v) is 5.33. The number of nitrogens with zero attached hydrogens (tertiary/aromatic N) is 1. The van der Waals surface area contributed by atoms with Crippen molar-refractivity contribution in [3.8, 4) is 11.5 Å². The van der Waals surface area contributed by atoms with Crippen molar-refractivity contribution in [2.75, 3.05) is 24.6 Å². The molecule has 0 aliphatic rings. The first-order chi connectivity index (χ1) is 7.93. The van der Waals surface area contributed by atoms with Gasteiger partial charge in [-0.05, 0) is 19.9 Å². The quantitative estimate of drug-likeness (QED) is 0.353. The summed E-state index contributed by atoms with van der Waals surface area (Å²) < 4.78 is 0. The van der Waals surface area contributed by atoms with Gasteiger partial charge in [-0.1, -0.05) is 0 Å². The SMILES string of the molecule is CCN(CC)C(=O)c1c(O)c(N)cc(N)c1O. The van der Waals surface area contributed by atoms with Crippen LogP contribution < -0.4 is 11.5 Å². The molecule has 0 saturated carbocycles. The van der Waals surface area contributed by atoms with Gasteiger partial charge in [-0.15, -0.1) is 0 Å². The fraction of sp³-hybridized carbons (Fsp3) is 0.364. The van der Waals surface area contributed by atoms with E-state index < -0.39 is 17.4 Å². The van der Waals surface area contributed by atoms with E-state index >= 15 is 0 Å². The molecule has 1 aromatic carbocycles. The van der Waals surface area contributed by atoms with Gasteiger partial charge in [-0.2, -0.15) is 0 Å². The minimum absolute atomic E-state index is 0.0317. The molecular formula is C11H17N3O3. The van der Waals surface area contributed by atoms with Crippen molar-refractivity contribution >= 4 is 17.3 Å². The lowest BCUT2D eigenvalue weighted by Crippen LogP contribution is -2.30. The zero-order valence-electron chi connectivity index (χ0n) is 9.90. The molecule has 94 valence electrons. The minimum Gasteiger partial charge on any atom is -0.505 e. The molecule has 0 bridgehead atoms. The highest BCUT2D eigenvalue weighted by Gasteiger charge is 2.24. The van der Waals surface area contributed by atoms with E-state index in [9.17, 15) is 15.0 Å². The molecule has 6 N–H and O–H groups in total. The second-order valence-corrected chi connectivity index (χ2v) is 3.60. The third-order valence-corrected chi connectivity index (χ3v) is 2.60. The minimum atomic E-state index is -0.496. The summed E-state index contributed by atoms with van der Waals surface area (Å²) in [5.41, 5.74) is 10.7. The van der Waals surface area contributed by atoms with Crippen molar-refractivity contribution in [3.63, 3.8) is 0 Å². The maximum atomic E-state index is 12.0. The van der Waals surface area contributed by atoms with Gasteiger partial charge in [0.1, 0.15) is 5.56 Å². The number of anilines is 2. The summed E-state index contributed by atoms with van der Waals surface area (Å²) in [5.74, 6) is -1.37. The Hall–Kier alpha value is -2.11. The van der Waals surface area contributed by atoms with E-state index in [-0.39, 0.29) is 16.9 Å². The number of phenols is 2. The molecule has 0 atom stereocenters. The van der Waals surface area contributed by atoms with Crippen molar-refractivity contribution in [2.24, 2.45) is 0 Å². The first kappa shape index (κ1) is 13.0. The van der Waals surface area contributed by atoms with Crippen molar-refractivity contribution in [3.05, 3.63) is 11.6 Å². The number of rotatable bonds is 3. The molecule has 1 aromatic rings. The van der Waals surface area contributed by atoms with Crippen LogP contribution in [0.5, 0.6) is 11.5 Å². The smallest absolute Gasteiger partial charge is 0.261 e. The highest BCUT2D eigenvalue weighted by Crippen LogP contribution is 2.38. The number of carbonyl (C=O) groups is 1. The molecule has 1 rings (SSSR count). The molecule has 0 fully saturated rings. The van der Waals surface area contributed by atoms with Crippen LogP contribution in [0.3, 0.4) is 0 Å². The Balaban J connectivity index is 3.35. The van der Waals surface area contributed by atoms with Crippen LogP contribution in [0.4, 0.5) is 11.4 Å². The van der Waals surface area contributed by atoms with Crippen molar-refractivity contribution in [1.82, 2.24) is 4.90 Å². The van der Waals surface area contributed by atoms with Gasteiger partial charge in [-0.25, -0.2) is 0 Å². The lowest BCUT2D eigenvalue weighted by atomic mass is 10.1. The molecule has 0 aromatic heterocycles. The zero-order chi connectivity index (χ0) is 13.2. The van der Waals surface area contributed by atoms with Crippen LogP contribution in [0.25, 0.3) is 0 Å². The maximum absolute atomic E-state index is 12.0. The van der Waals surface area contributed by atoms with Crippen molar-refractivity contribution < 1.29 is 15.0 Å². The average molecular weight is 239 g/mol. The number of hydrogen-bond acceptors (Lipinski definition) is 5. The van der Waals surface area contributed by atoms with Gasteiger partial charge in [0.15, 0.2) is 11.5 Å². The van der Waals surface area contributed by atoms with E-state index in [2.05, 4.69) is 0 Å². The third-order valence-electron chi connectivity index (χ3n) is 2.60. The highest BCUT2D eigenvalue weighted by atomic mass is 16.3. The van der Waals surface area contributed by atoms with E-state index in [0.29, 0.717) is 13.1 Å². The van der Waals surface area contributed by atoms with Crippen molar-refractivity contribution in [1.29, 1.82) is 0 Å². The Kier molecular flexibility index (Phi) is 3.67. The standard InChI is InChI=1S/C11H17N3O3/c1-3-14(4-2)11(17)8-9(15)6(12)5-7(13)10(8)16/h5,15-16H,3-4,12-13H2,1-2H3. The molecular weight excluding hydrogens is 222 g/mol. The lowest BCUT2D eigenvalue weighted by molar-refractivity contribution is 0.0767. The van der Waals surface area contributed by atoms with Crippen LogP contribution >= 0.6 is 0 Å². The number of amides is 1. The number of hydrogen-bond donors (Lipinski definition) is 4. The van der Waals surface area contributed by atoms with Gasteiger partial charge in [0, 0.05) is 13.1 Å². The number of phenolic OH excluding ortho intramolecular Hbond substituents is 2. The fourth-order valence-corrected chi connectivity index (χ4v) is 1.58. The number of carbonyl (C=O) groups excluding carboxylic acids is 1. The molecule has 0 spiro atoms. The van der Waals surface area contributed by atoms with Gasteiger partial charge in [-0.3, -0.25) is 4.79 Å². The Labute approximate surface area is 99.4 Å². The molecule has 0 heterocycles. The number of benzene rings is 1. The summed E-state index contributed by atoms with van der Waals surface area (Å²) in [6.45, 7) is 4.52. The Morgan fingerprint density at radius 3 is 1.94 bits per heavy atom. The molecule has 0 aliphatic heterocycles. The van der Waals surface area contributed by atoms with Gasteiger partial charge in [0.05, 0.1) is 11.4 Å². The van der Waals surface area contributed by atoms with Gasteiger partial charge < -0.3 is 26.6 Å². The molecule has 0 saturated heterocycles. The van der Waals surface area contributed by atoms with Crippen LogP contribution in [0.1, 0.15) is 24.2 Å². The molecule has 0 aliphatic carbocycles. The van der Waals surface area contributed by atoms with E-state index in [1.54, 1.807) is 13.8 Å². The van der Waals surface area contributed by atoms with E-state index in [4.69, 9.17) is 11.5 Å². The molecule has 17 heavy (non-hydrogen) atoms. The predicted octanol–water partition coefficient (Wildman–Crippen LogP) is 0.744. The molecule has 0 unspecified atom stereocenters. The second-order valence-electron chi connectivity index (χ2n) is 3.60. The summed E-state index contributed by atoms with van der Waals surface area (Å²) in [7, 11) is 0. The van der Waals surface area contributed by atoms with Crippen LogP contribution in [0, 0.1) is 0 Å². The summed E-state index contributed by atoms with van der Waals surface area (Å²) in [4.78, 5) is 13.5. The molecule has 0 radical (unpaired) electrons. The predicted molar refractivity (Wildman–Crippen MR) is 65.8 cm³/mol. The number of aromatic hydroxyl groups is 2. The maximum Gasteiger partial charge on any atom is 0.261 e. The van der Waals surface area contributed by atoms with Gasteiger partial charge >= 0.3 is 0 Å². The van der Waals surface area contributed by atoms with Gasteiger partial charge in [0.2, 0.25) is 0 Å². The Morgan fingerprint density at radius 2 is 1.59 bits per heavy atom. The van der Waals surface area contributed by atoms with E-state index in [0.717, 1.165) is 0 Å². The molecule has 1 amide bonds. The van der Waals surface area contributed by atoms with E-state index in [1.807, 2.05) is 0 Å². The third kappa shape index (κ3) is 2.20. The molecule has 6 nitrogen and oxygen atoms in total. The van der Waals surface area contributed by atoms with Crippen molar-refractivity contribution in [2.45, 2.75) is 13.8 Å². The van der Waals surface area contributed by atoms with Crippen LogP contribution in [-0.2, 0) is 0 Å². The summed E-state index contributed by atoms with van der Waals surface area (Å²) in [6, 6.07) is 1.21. The topological polar surface area (TPSA) is 113 Å². The lowest BCUT2D eigenvalue weighted by Gasteiger charge is -2.20. The summed E-state index contributed by atoms with van der Waals surface area (Å²) in [5, 5.41) is 19.5. The largest absolute Gasteiger partial charge is 0.505 e. The average Bonchev–Trinajstić information content (AvgIpc) is 2.28. The normalized spacial score (nSPS) is 10.2. The first-order valence-electron chi connectivity index (χ1n) is 5.33. The van der Waals surface area contributed by atoms with Crippen LogP contribution in [-0.4, -0.2) is 34.1 Å². The number of nitrogens with two attached hydrogens (primary N) is 2. The zero-order valence-corrected chi connectivity index (χ0v) is 9.90. The molecule has 6 heteroatoms. The van der Waals surface area contributed by atoms with Crippen LogP contribution in [0.2, 0.25) is 0 Å². The highest BCUT2D eigenvalue weighted by molar-refractivity contribution is 6.03. The van der Waals surface area contributed by atoms with Crippen LogP contribution in [0.15, 0.2) is 6.07 Å². The van der Waals surface area contributed by atoms with E-state index in [1.165, 1.54) is 11.0 Å². The summed E-state index contributed by atoms with van der Waals surface area (Å²) >= 11 is 0. The fourth-order valence-electron chi connectivity index (χ4n) is 1.58. The van der Waals surface area contributed by atoms with Gasteiger partial charge in [0.25, 0.3) is 5.91 Å². The summed E-state index contributed by atoms with van der Waals surface area (Å²) in [6.07, 6.45) is 0. The Morgan fingerprint density at radius 1 is 1.18 bits per heavy atom.